The molecule has 0 spiro atoms. The van der Waals surface area contributed by atoms with Gasteiger partial charge in [0.15, 0.2) is 0 Å². The fourth-order valence-electron chi connectivity index (χ4n) is 0. The Hall–Kier alpha value is 1.08. The van der Waals surface area contributed by atoms with Crippen molar-refractivity contribution in [1.29, 1.82) is 0 Å². The first kappa shape index (κ1) is 8.91. The van der Waals surface area contributed by atoms with E-state index < -0.39 is 11.6 Å². The van der Waals surface area contributed by atoms with Crippen LogP contribution in [0, 0.1) is 37.7 Å². The van der Waals surface area contributed by atoms with E-state index in [2.05, 4.69) is 0 Å². The van der Waals surface area contributed by atoms with E-state index in [9.17, 15) is 0 Å². The van der Waals surface area contributed by atoms with Crippen LogP contribution in [0.3, 0.4) is 0 Å². The van der Waals surface area contributed by atoms with Crippen molar-refractivity contribution in [1.82, 2.24) is 0 Å². The van der Waals surface area contributed by atoms with Crippen molar-refractivity contribution < 1.29 is 46.2 Å². The Kier molecular flexibility index (Phi) is 19.9. The van der Waals surface area contributed by atoms with Gasteiger partial charge in [0, 0.05) is 37.7 Å². The maximum absolute atomic E-state index is 8.29. The molecule has 2 nitrogen and oxygen atoms in total. The second-order valence-electron chi connectivity index (χ2n) is 0.0680. The van der Waals surface area contributed by atoms with Crippen LogP contribution >= 0.6 is 0 Å². The quantitative estimate of drug-likeness (QED) is 0.408. The molecular formula is ArO2S. The first-order valence-electron chi connectivity index (χ1n) is 0.333. The summed E-state index contributed by atoms with van der Waals surface area (Å²) in [5.41, 5.74) is 0. The summed E-state index contributed by atoms with van der Waals surface area (Å²) in [7, 11) is 0. The summed E-state index contributed by atoms with van der Waals surface area (Å²) in [4.78, 5) is 0. The first-order valence-corrected chi connectivity index (χ1v) is 1.00. The van der Waals surface area contributed by atoms with Gasteiger partial charge in [0.2, 0.25) is 0 Å². The Morgan fingerprint density at radius 3 is 1.25 bits per heavy atom. The van der Waals surface area contributed by atoms with Crippen molar-refractivity contribution in [2.24, 2.45) is 0 Å². The van der Waals surface area contributed by atoms with Crippen LogP contribution in [0.5, 0.6) is 0 Å². The number of hydrogen-bond acceptors (Lipinski definition) is 2. The molecule has 0 rings (SSSR count). The van der Waals surface area contributed by atoms with E-state index in [1.807, 2.05) is 0 Å². The Bertz CT molecular complexity index is 27.0. The van der Waals surface area contributed by atoms with Crippen LogP contribution in [0.25, 0.3) is 0 Å². The second-order valence-corrected chi connectivity index (χ2v) is 0.204. The Morgan fingerprint density at radius 2 is 1.25 bits per heavy atom. The largest absolute Gasteiger partial charge is 0.335 e. The van der Waals surface area contributed by atoms with Gasteiger partial charge in [-0.1, -0.05) is 0 Å². The molecule has 0 radical (unpaired) electrons. The molecule has 4 heavy (non-hydrogen) atoms. The molecule has 26 valence electrons. The fourth-order valence-corrected chi connectivity index (χ4v) is 0. The van der Waals surface area contributed by atoms with Gasteiger partial charge in [-0.3, -0.25) is 0 Å². The van der Waals surface area contributed by atoms with Crippen molar-refractivity contribution in [2.45, 2.75) is 0 Å². The molecular weight excluding hydrogens is 104 g/mol. The topological polar surface area (TPSA) is 34.1 Å². The van der Waals surface area contributed by atoms with Crippen LogP contribution in [0.1, 0.15) is 0 Å². The molecule has 0 aliphatic heterocycles. The summed E-state index contributed by atoms with van der Waals surface area (Å²) in [5.74, 6) is 0. The van der Waals surface area contributed by atoms with Gasteiger partial charge < -0.3 is 0 Å². The molecule has 0 heterocycles. The molecule has 0 aliphatic rings. The van der Waals surface area contributed by atoms with E-state index in [4.69, 9.17) is 8.42 Å². The van der Waals surface area contributed by atoms with Gasteiger partial charge in [0.1, 0.15) is 0 Å². The zero-order chi connectivity index (χ0) is 2.71. The molecule has 0 aliphatic carbocycles. The summed E-state index contributed by atoms with van der Waals surface area (Å²) in [6, 6.07) is 0. The van der Waals surface area contributed by atoms with E-state index in [1.165, 1.54) is 0 Å². The predicted octanol–water partition coefficient (Wildman–Crippen LogP) is -0.670. The second kappa shape index (κ2) is 8.95. The zero-order valence-corrected chi connectivity index (χ0v) is 3.10. The van der Waals surface area contributed by atoms with Gasteiger partial charge in [-0.15, -0.1) is 0 Å². The van der Waals surface area contributed by atoms with Gasteiger partial charge in [-0.05, 0) is 0 Å². The van der Waals surface area contributed by atoms with Gasteiger partial charge in [-0.2, -0.15) is 8.42 Å². The summed E-state index contributed by atoms with van der Waals surface area (Å²) in [6.07, 6.45) is 0. The zero-order valence-electron chi connectivity index (χ0n) is 1.58. The molecule has 0 N–H and O–H groups in total. The third-order valence-electron chi connectivity index (χ3n) is 0. The van der Waals surface area contributed by atoms with Gasteiger partial charge >= 0.3 is 11.6 Å². The van der Waals surface area contributed by atoms with Crippen LogP contribution in [-0.4, -0.2) is 8.42 Å². The molecule has 0 bridgehead atoms. The Balaban J connectivity index is 0. The van der Waals surface area contributed by atoms with Crippen molar-refractivity contribution in [3.8, 4) is 0 Å². The van der Waals surface area contributed by atoms with E-state index in [1.54, 1.807) is 0 Å². The molecule has 0 aromatic carbocycles. The molecule has 4 heteroatoms. The Morgan fingerprint density at radius 1 is 1.25 bits per heavy atom. The molecule has 0 aromatic heterocycles. The van der Waals surface area contributed by atoms with Crippen molar-refractivity contribution >= 4 is 11.6 Å². The van der Waals surface area contributed by atoms with Crippen molar-refractivity contribution in [3.05, 3.63) is 0 Å². The average molecular weight is 104 g/mol. The summed E-state index contributed by atoms with van der Waals surface area (Å²) >= 11 is -0.750. The summed E-state index contributed by atoms with van der Waals surface area (Å²) in [6.45, 7) is 0. The molecule has 0 unspecified atom stereocenters. The van der Waals surface area contributed by atoms with Crippen LogP contribution in [0.15, 0.2) is 0 Å². The van der Waals surface area contributed by atoms with Gasteiger partial charge in [0.25, 0.3) is 0 Å². The molecule has 0 saturated heterocycles. The third-order valence-corrected chi connectivity index (χ3v) is 0. The van der Waals surface area contributed by atoms with Crippen molar-refractivity contribution in [2.75, 3.05) is 0 Å². The number of rotatable bonds is 0. The van der Waals surface area contributed by atoms with Crippen LogP contribution in [0.2, 0.25) is 0 Å². The van der Waals surface area contributed by atoms with Crippen LogP contribution in [-0.2, 0) is 11.6 Å². The SMILES string of the molecule is O=S=O.[Ar]. The maximum Gasteiger partial charge on any atom is 0.335 e. The minimum Gasteiger partial charge on any atom is -0.168 e. The van der Waals surface area contributed by atoms with E-state index in [-0.39, 0.29) is 37.7 Å². The standard InChI is InChI=1S/Ar.O2S/c;1-3-2. The number of hydrogen-bond donors (Lipinski definition) is 0. The molecule has 0 atom stereocenters. The minimum absolute atomic E-state index is 0. The first-order chi connectivity index (χ1) is 1.41. The molecule has 0 fully saturated rings. The summed E-state index contributed by atoms with van der Waals surface area (Å²) in [5, 5.41) is 0. The molecule has 0 amide bonds. The monoisotopic (exact) mass is 104 g/mol. The van der Waals surface area contributed by atoms with Gasteiger partial charge in [0.05, 0.1) is 0 Å². The van der Waals surface area contributed by atoms with Crippen molar-refractivity contribution in [3.63, 3.8) is 0 Å². The van der Waals surface area contributed by atoms with E-state index in [0.29, 0.717) is 0 Å². The smallest absolute Gasteiger partial charge is 0.168 e. The minimum atomic E-state index is -0.750. The van der Waals surface area contributed by atoms with E-state index in [0.717, 1.165) is 0 Å². The van der Waals surface area contributed by atoms with Crippen LogP contribution < -0.4 is 0 Å². The Labute approximate surface area is 57.2 Å². The molecule has 0 aromatic rings. The maximum atomic E-state index is 8.29. The van der Waals surface area contributed by atoms with E-state index >= 15 is 0 Å². The van der Waals surface area contributed by atoms with Gasteiger partial charge in [-0.25, -0.2) is 0 Å². The summed E-state index contributed by atoms with van der Waals surface area (Å²) < 4.78 is 16.6. The fraction of sp³-hybridized carbons (Fsp3) is 0. The normalized spacial score (nSPS) is 3.00. The third kappa shape index (κ3) is 11.4. The predicted molar refractivity (Wildman–Crippen MR) is 8.92 cm³/mol. The van der Waals surface area contributed by atoms with Crippen LogP contribution in [0.4, 0.5) is 0 Å². The average Bonchev–Trinajstić information content (AvgIpc) is 0.918. The molecule has 0 saturated carbocycles.